The van der Waals surface area contributed by atoms with Crippen LogP contribution < -0.4 is 4.74 Å². The summed E-state index contributed by atoms with van der Waals surface area (Å²) in [4.78, 5) is 18.6. The van der Waals surface area contributed by atoms with Crippen molar-refractivity contribution in [3.05, 3.63) is 53.6 Å². The number of esters is 1. The molecule has 1 aliphatic rings. The minimum absolute atomic E-state index is 0.110. The van der Waals surface area contributed by atoms with Gasteiger partial charge in [0.05, 0.1) is 32.0 Å². The van der Waals surface area contributed by atoms with Gasteiger partial charge in [0.2, 0.25) is 4.77 Å². The standard InChI is InChI=1S/C23H27N5O3S/c1-3-31-22(29)18-5-4-14-26(15-18)16-27-23(32)28(19-6-8-20(30-2)9-7-19)21(25-27)17-10-12-24-13-11-17/h6-13,18H,3-5,14-16H2,1-2H3. The highest BCUT2D eigenvalue weighted by atomic mass is 32.1. The maximum atomic E-state index is 12.2. The molecule has 3 heterocycles. The number of rotatable bonds is 7. The summed E-state index contributed by atoms with van der Waals surface area (Å²) >= 11 is 5.85. The second kappa shape index (κ2) is 10.1. The number of aromatic nitrogens is 4. The first-order chi connectivity index (χ1) is 15.6. The zero-order valence-corrected chi connectivity index (χ0v) is 19.1. The van der Waals surface area contributed by atoms with E-state index in [2.05, 4.69) is 9.88 Å². The second-order valence-electron chi connectivity index (χ2n) is 7.68. The highest BCUT2D eigenvalue weighted by molar-refractivity contribution is 7.71. The van der Waals surface area contributed by atoms with Crippen molar-refractivity contribution in [3.63, 3.8) is 0 Å². The van der Waals surface area contributed by atoms with Gasteiger partial charge in [-0.1, -0.05) is 0 Å². The molecule has 8 nitrogen and oxygen atoms in total. The predicted molar refractivity (Wildman–Crippen MR) is 123 cm³/mol. The molecule has 4 rings (SSSR count). The molecule has 0 N–H and O–H groups in total. The summed E-state index contributed by atoms with van der Waals surface area (Å²) in [7, 11) is 1.64. The molecule has 32 heavy (non-hydrogen) atoms. The SMILES string of the molecule is CCOC(=O)C1CCCN(Cn2nc(-c3ccncc3)n(-c3ccc(OC)cc3)c2=S)C1. The van der Waals surface area contributed by atoms with Crippen molar-refractivity contribution in [2.24, 2.45) is 5.92 Å². The normalized spacial score (nSPS) is 16.6. The van der Waals surface area contributed by atoms with Crippen LogP contribution in [-0.2, 0) is 16.2 Å². The van der Waals surface area contributed by atoms with Gasteiger partial charge < -0.3 is 9.47 Å². The van der Waals surface area contributed by atoms with Gasteiger partial charge in [-0.2, -0.15) is 0 Å². The van der Waals surface area contributed by atoms with Gasteiger partial charge in [-0.25, -0.2) is 4.68 Å². The Morgan fingerprint density at radius 2 is 1.94 bits per heavy atom. The molecular weight excluding hydrogens is 426 g/mol. The summed E-state index contributed by atoms with van der Waals surface area (Å²) in [6.45, 7) is 4.28. The van der Waals surface area contributed by atoms with Crippen LogP contribution in [-0.4, -0.2) is 57.0 Å². The van der Waals surface area contributed by atoms with Crippen molar-refractivity contribution in [1.29, 1.82) is 0 Å². The first-order valence-corrected chi connectivity index (χ1v) is 11.1. The lowest BCUT2D eigenvalue weighted by Crippen LogP contribution is -2.40. The lowest BCUT2D eigenvalue weighted by Gasteiger charge is -2.31. The molecule has 1 aromatic carbocycles. The van der Waals surface area contributed by atoms with Crippen molar-refractivity contribution in [3.8, 4) is 22.8 Å². The molecule has 2 aromatic heterocycles. The molecule has 9 heteroatoms. The molecule has 1 atom stereocenters. The highest BCUT2D eigenvalue weighted by Gasteiger charge is 2.27. The van der Waals surface area contributed by atoms with Crippen LogP contribution in [0.15, 0.2) is 48.8 Å². The Bertz CT molecular complexity index is 1110. The van der Waals surface area contributed by atoms with Crippen LogP contribution in [0.25, 0.3) is 17.1 Å². The van der Waals surface area contributed by atoms with E-state index in [4.69, 9.17) is 26.8 Å². The number of likely N-dealkylation sites (tertiary alicyclic amines) is 1. The van der Waals surface area contributed by atoms with Crippen molar-refractivity contribution < 1.29 is 14.3 Å². The van der Waals surface area contributed by atoms with Gasteiger partial charge in [-0.15, -0.1) is 5.10 Å². The maximum Gasteiger partial charge on any atom is 0.310 e. The van der Waals surface area contributed by atoms with E-state index in [0.29, 0.717) is 24.6 Å². The summed E-state index contributed by atoms with van der Waals surface area (Å²) < 4.78 is 14.9. The van der Waals surface area contributed by atoms with Crippen LogP contribution in [0.2, 0.25) is 0 Å². The molecule has 1 fully saturated rings. The number of piperidine rings is 1. The Kier molecular flexibility index (Phi) is 6.96. The highest BCUT2D eigenvalue weighted by Crippen LogP contribution is 2.25. The van der Waals surface area contributed by atoms with E-state index in [-0.39, 0.29) is 11.9 Å². The molecule has 0 radical (unpaired) electrons. The Labute approximate surface area is 192 Å². The third-order valence-electron chi connectivity index (χ3n) is 5.57. The van der Waals surface area contributed by atoms with E-state index in [9.17, 15) is 4.79 Å². The maximum absolute atomic E-state index is 12.2. The predicted octanol–water partition coefficient (Wildman–Crippen LogP) is 3.71. The molecule has 0 bridgehead atoms. The minimum atomic E-state index is -0.123. The van der Waals surface area contributed by atoms with Gasteiger partial charge in [0, 0.05) is 24.5 Å². The topological polar surface area (TPSA) is 74.4 Å². The van der Waals surface area contributed by atoms with E-state index in [0.717, 1.165) is 42.2 Å². The Morgan fingerprint density at radius 3 is 2.62 bits per heavy atom. The molecule has 1 unspecified atom stereocenters. The average Bonchev–Trinajstić information content (AvgIpc) is 3.16. The molecule has 0 spiro atoms. The number of carbonyl (C=O) groups is 1. The van der Waals surface area contributed by atoms with Crippen molar-refractivity contribution in [2.75, 3.05) is 26.8 Å². The number of ether oxygens (including phenoxy) is 2. The van der Waals surface area contributed by atoms with Crippen molar-refractivity contribution >= 4 is 18.2 Å². The molecule has 168 valence electrons. The second-order valence-corrected chi connectivity index (χ2v) is 8.05. The van der Waals surface area contributed by atoms with E-state index in [1.807, 2.05) is 52.6 Å². The monoisotopic (exact) mass is 453 g/mol. The fourth-order valence-corrected chi connectivity index (χ4v) is 4.27. The van der Waals surface area contributed by atoms with Crippen LogP contribution in [0.5, 0.6) is 5.75 Å². The van der Waals surface area contributed by atoms with Crippen LogP contribution in [0, 0.1) is 10.7 Å². The molecule has 1 saturated heterocycles. The molecule has 1 aliphatic heterocycles. The first-order valence-electron chi connectivity index (χ1n) is 10.7. The fraction of sp³-hybridized carbons (Fsp3) is 0.391. The van der Waals surface area contributed by atoms with Crippen LogP contribution in [0.1, 0.15) is 19.8 Å². The minimum Gasteiger partial charge on any atom is -0.497 e. The average molecular weight is 454 g/mol. The Hall–Kier alpha value is -3.04. The smallest absolute Gasteiger partial charge is 0.310 e. The molecule has 0 aliphatic carbocycles. The lowest BCUT2D eigenvalue weighted by molar-refractivity contribution is -0.150. The molecule has 0 saturated carbocycles. The van der Waals surface area contributed by atoms with Gasteiger partial charge in [-0.3, -0.25) is 19.2 Å². The summed E-state index contributed by atoms with van der Waals surface area (Å²) in [6.07, 6.45) is 5.27. The number of hydrogen-bond acceptors (Lipinski definition) is 7. The van der Waals surface area contributed by atoms with Crippen LogP contribution in [0.3, 0.4) is 0 Å². The van der Waals surface area contributed by atoms with E-state index >= 15 is 0 Å². The largest absolute Gasteiger partial charge is 0.497 e. The number of benzene rings is 1. The summed E-state index contributed by atoms with van der Waals surface area (Å²) in [5.74, 6) is 1.28. The quantitative estimate of drug-likeness (QED) is 0.399. The summed E-state index contributed by atoms with van der Waals surface area (Å²) in [5, 5.41) is 4.86. The fourth-order valence-electron chi connectivity index (χ4n) is 3.98. The number of hydrogen-bond donors (Lipinski definition) is 0. The van der Waals surface area contributed by atoms with E-state index in [1.165, 1.54) is 0 Å². The number of methoxy groups -OCH3 is 1. The Morgan fingerprint density at radius 1 is 1.19 bits per heavy atom. The number of nitrogens with zero attached hydrogens (tertiary/aromatic N) is 5. The first kappa shape index (κ1) is 22.2. The van der Waals surface area contributed by atoms with E-state index < -0.39 is 0 Å². The Balaban J connectivity index is 1.67. The van der Waals surface area contributed by atoms with Gasteiger partial charge in [0.25, 0.3) is 0 Å². The van der Waals surface area contributed by atoms with E-state index in [1.54, 1.807) is 19.5 Å². The number of pyridine rings is 1. The van der Waals surface area contributed by atoms with Gasteiger partial charge >= 0.3 is 5.97 Å². The van der Waals surface area contributed by atoms with Gasteiger partial charge in [0.1, 0.15) is 5.75 Å². The third kappa shape index (κ3) is 4.73. The molecular formula is C23H27N5O3S. The lowest BCUT2D eigenvalue weighted by atomic mass is 9.99. The van der Waals surface area contributed by atoms with Gasteiger partial charge in [0.15, 0.2) is 5.82 Å². The van der Waals surface area contributed by atoms with Crippen LogP contribution >= 0.6 is 12.2 Å². The van der Waals surface area contributed by atoms with Gasteiger partial charge in [-0.05, 0) is 74.9 Å². The molecule has 3 aromatic rings. The number of carbonyl (C=O) groups excluding carboxylic acids is 1. The van der Waals surface area contributed by atoms with Crippen molar-refractivity contribution in [2.45, 2.75) is 26.4 Å². The van der Waals surface area contributed by atoms with Crippen molar-refractivity contribution in [1.82, 2.24) is 24.2 Å². The third-order valence-corrected chi connectivity index (χ3v) is 5.96. The zero-order chi connectivity index (χ0) is 22.5. The summed E-state index contributed by atoms with van der Waals surface area (Å²) in [5.41, 5.74) is 1.82. The molecule has 0 amide bonds. The summed E-state index contributed by atoms with van der Waals surface area (Å²) in [6, 6.07) is 11.6. The van der Waals surface area contributed by atoms with Crippen LogP contribution in [0.4, 0.5) is 0 Å². The zero-order valence-electron chi connectivity index (χ0n) is 18.3.